The van der Waals surface area contributed by atoms with E-state index < -0.39 is 11.9 Å². The summed E-state index contributed by atoms with van der Waals surface area (Å²) < 4.78 is 5.47. The van der Waals surface area contributed by atoms with Gasteiger partial charge in [-0.15, -0.1) is 0 Å². The molecule has 0 saturated carbocycles. The minimum atomic E-state index is -1.31. The van der Waals surface area contributed by atoms with Crippen LogP contribution in [0.15, 0.2) is 24.3 Å². The summed E-state index contributed by atoms with van der Waals surface area (Å²) in [7, 11) is 0. The Kier molecular flexibility index (Phi) is 8.20. The van der Waals surface area contributed by atoms with Crippen molar-refractivity contribution in [1.82, 2.24) is 10.9 Å². The summed E-state index contributed by atoms with van der Waals surface area (Å²) >= 11 is 0. The molecule has 126 valence electrons. The Morgan fingerprint density at radius 2 is 1.61 bits per heavy atom. The highest BCUT2D eigenvalue weighted by Crippen LogP contribution is 2.13. The van der Waals surface area contributed by atoms with Gasteiger partial charge in [0, 0.05) is 18.8 Å². The Labute approximate surface area is 135 Å². The van der Waals surface area contributed by atoms with Crippen molar-refractivity contribution in [3.63, 3.8) is 0 Å². The number of amides is 2. The molecular formula is C16H21N2O5-. The van der Waals surface area contributed by atoms with E-state index in [1.807, 2.05) is 31.2 Å². The van der Waals surface area contributed by atoms with Crippen molar-refractivity contribution in [3.8, 4) is 5.75 Å². The monoisotopic (exact) mass is 321 g/mol. The summed E-state index contributed by atoms with van der Waals surface area (Å²) in [5.41, 5.74) is 5.37. The number of carboxylic acid groups (broad SMARTS) is 1. The van der Waals surface area contributed by atoms with E-state index in [4.69, 9.17) is 4.74 Å². The zero-order valence-electron chi connectivity index (χ0n) is 13.1. The van der Waals surface area contributed by atoms with Crippen LogP contribution in [0.3, 0.4) is 0 Å². The number of hydrogen-bond donors (Lipinski definition) is 2. The van der Waals surface area contributed by atoms with Crippen molar-refractivity contribution in [2.24, 2.45) is 0 Å². The fraction of sp³-hybridized carbons (Fsp3) is 0.438. The quantitative estimate of drug-likeness (QED) is 0.627. The average Bonchev–Trinajstić information content (AvgIpc) is 2.55. The first-order valence-electron chi connectivity index (χ1n) is 7.50. The fourth-order valence-corrected chi connectivity index (χ4v) is 1.71. The molecule has 0 heterocycles. The van der Waals surface area contributed by atoms with E-state index in [1.165, 1.54) is 0 Å². The Bertz CT molecular complexity index is 528. The van der Waals surface area contributed by atoms with E-state index in [0.29, 0.717) is 13.0 Å². The molecule has 2 amide bonds. The second kappa shape index (κ2) is 10.2. The lowest BCUT2D eigenvalue weighted by Crippen LogP contribution is -2.42. The molecule has 1 rings (SSSR count). The summed E-state index contributed by atoms with van der Waals surface area (Å²) in [4.78, 5) is 33.0. The highest BCUT2D eigenvalue weighted by atomic mass is 16.5. The van der Waals surface area contributed by atoms with Gasteiger partial charge >= 0.3 is 0 Å². The molecule has 0 spiro atoms. The van der Waals surface area contributed by atoms with E-state index in [1.54, 1.807) is 0 Å². The van der Waals surface area contributed by atoms with Crippen LogP contribution in [0.2, 0.25) is 0 Å². The van der Waals surface area contributed by atoms with E-state index in [2.05, 4.69) is 10.9 Å². The molecule has 7 nitrogen and oxygen atoms in total. The summed E-state index contributed by atoms with van der Waals surface area (Å²) in [6, 6.07) is 7.47. The maximum atomic E-state index is 11.6. The third kappa shape index (κ3) is 8.45. The highest BCUT2D eigenvalue weighted by molar-refractivity contribution is 5.83. The zero-order valence-corrected chi connectivity index (χ0v) is 13.1. The molecule has 0 aliphatic rings. The van der Waals surface area contributed by atoms with Crippen LogP contribution in [0.25, 0.3) is 0 Å². The van der Waals surface area contributed by atoms with Crippen LogP contribution < -0.4 is 20.7 Å². The smallest absolute Gasteiger partial charge is 0.238 e. The third-order valence-corrected chi connectivity index (χ3v) is 2.93. The molecule has 0 saturated heterocycles. The minimum Gasteiger partial charge on any atom is -0.550 e. The van der Waals surface area contributed by atoms with Gasteiger partial charge in [0.05, 0.1) is 6.61 Å². The topological polar surface area (TPSA) is 108 Å². The van der Waals surface area contributed by atoms with Crippen molar-refractivity contribution in [1.29, 1.82) is 0 Å². The third-order valence-electron chi connectivity index (χ3n) is 2.93. The number of carbonyl (C=O) groups excluding carboxylic acids is 3. The van der Waals surface area contributed by atoms with Crippen molar-refractivity contribution >= 4 is 17.8 Å². The molecule has 0 fully saturated rings. The van der Waals surface area contributed by atoms with Crippen molar-refractivity contribution in [2.75, 3.05) is 6.61 Å². The maximum Gasteiger partial charge on any atom is 0.238 e. The largest absolute Gasteiger partial charge is 0.550 e. The second-order valence-corrected chi connectivity index (χ2v) is 4.96. The zero-order chi connectivity index (χ0) is 17.1. The number of nitrogens with one attached hydrogen (secondary N) is 2. The first-order chi connectivity index (χ1) is 11.0. The van der Waals surface area contributed by atoms with Crippen LogP contribution in [0.5, 0.6) is 5.75 Å². The molecule has 0 atom stereocenters. The van der Waals surface area contributed by atoms with E-state index in [0.717, 1.165) is 17.7 Å². The first-order valence-corrected chi connectivity index (χ1v) is 7.50. The Morgan fingerprint density at radius 3 is 2.17 bits per heavy atom. The van der Waals surface area contributed by atoms with Gasteiger partial charge in [-0.1, -0.05) is 19.1 Å². The second-order valence-electron chi connectivity index (χ2n) is 4.96. The summed E-state index contributed by atoms with van der Waals surface area (Å²) in [6.45, 7) is 2.70. The molecule has 0 aliphatic carbocycles. The number of carboxylic acids is 1. The number of aliphatic carboxylic acids is 1. The lowest BCUT2D eigenvalue weighted by Gasteiger charge is -2.08. The normalized spacial score (nSPS) is 9.96. The molecule has 0 unspecified atom stereocenters. The average molecular weight is 321 g/mol. The standard InChI is InChI=1S/C16H22N2O5/c1-2-11-23-13-6-3-12(4-7-13)5-8-14(19)17-18-15(20)9-10-16(21)22/h3-4,6-7H,2,5,8-11H2,1H3,(H,17,19)(H,18,20)(H,21,22)/p-1. The molecule has 0 radical (unpaired) electrons. The molecule has 1 aromatic carbocycles. The summed E-state index contributed by atoms with van der Waals surface area (Å²) in [5, 5.41) is 10.2. The van der Waals surface area contributed by atoms with E-state index >= 15 is 0 Å². The van der Waals surface area contributed by atoms with Gasteiger partial charge in [0.1, 0.15) is 5.75 Å². The lowest BCUT2D eigenvalue weighted by molar-refractivity contribution is -0.305. The SMILES string of the molecule is CCCOc1ccc(CCC(=O)NNC(=O)CCC(=O)[O-])cc1. The van der Waals surface area contributed by atoms with Gasteiger partial charge in [0.25, 0.3) is 0 Å². The molecule has 2 N–H and O–H groups in total. The Hall–Kier alpha value is -2.57. The number of benzene rings is 1. The lowest BCUT2D eigenvalue weighted by atomic mass is 10.1. The first kappa shape index (κ1) is 18.5. The number of rotatable bonds is 9. The van der Waals surface area contributed by atoms with Gasteiger partial charge in [-0.3, -0.25) is 20.4 Å². The summed E-state index contributed by atoms with van der Waals surface area (Å²) in [6.07, 6.45) is 1.05. The van der Waals surface area contributed by atoms with Crippen LogP contribution in [0, 0.1) is 0 Å². The Morgan fingerprint density at radius 1 is 1.00 bits per heavy atom. The van der Waals surface area contributed by atoms with Gasteiger partial charge in [-0.05, 0) is 37.0 Å². The van der Waals surface area contributed by atoms with E-state index in [9.17, 15) is 19.5 Å². The highest BCUT2D eigenvalue weighted by Gasteiger charge is 2.05. The number of aryl methyl sites for hydroxylation is 1. The Balaban J connectivity index is 2.25. The van der Waals surface area contributed by atoms with Crippen LogP contribution in [0.1, 0.15) is 38.2 Å². The van der Waals surface area contributed by atoms with Gasteiger partial charge in [-0.2, -0.15) is 0 Å². The van der Waals surface area contributed by atoms with Gasteiger partial charge in [-0.25, -0.2) is 0 Å². The van der Waals surface area contributed by atoms with Crippen LogP contribution in [-0.4, -0.2) is 24.4 Å². The number of ether oxygens (including phenoxy) is 1. The van der Waals surface area contributed by atoms with Crippen LogP contribution in [0.4, 0.5) is 0 Å². The van der Waals surface area contributed by atoms with Gasteiger partial charge < -0.3 is 14.6 Å². The molecule has 1 aromatic rings. The minimum absolute atomic E-state index is 0.204. The predicted molar refractivity (Wildman–Crippen MR) is 81.1 cm³/mol. The molecule has 0 aromatic heterocycles. The van der Waals surface area contributed by atoms with E-state index in [-0.39, 0.29) is 25.2 Å². The number of carbonyl (C=O) groups is 3. The van der Waals surface area contributed by atoms with Crippen molar-refractivity contribution in [3.05, 3.63) is 29.8 Å². The number of hydrazine groups is 1. The van der Waals surface area contributed by atoms with Crippen LogP contribution >= 0.6 is 0 Å². The fourth-order valence-electron chi connectivity index (χ4n) is 1.71. The summed E-state index contributed by atoms with van der Waals surface area (Å²) in [5.74, 6) is -1.43. The van der Waals surface area contributed by atoms with Gasteiger partial charge in [0.2, 0.25) is 11.8 Å². The molecule has 0 aliphatic heterocycles. The van der Waals surface area contributed by atoms with Crippen molar-refractivity contribution in [2.45, 2.75) is 39.0 Å². The molecule has 0 bridgehead atoms. The number of hydrogen-bond acceptors (Lipinski definition) is 5. The van der Waals surface area contributed by atoms with Crippen molar-refractivity contribution < 1.29 is 24.2 Å². The predicted octanol–water partition coefficient (Wildman–Crippen LogP) is 0.0855. The van der Waals surface area contributed by atoms with Crippen LogP contribution in [-0.2, 0) is 20.8 Å². The molecular weight excluding hydrogens is 300 g/mol. The maximum absolute atomic E-state index is 11.6. The molecule has 7 heteroatoms. The van der Waals surface area contributed by atoms with Gasteiger partial charge in [0.15, 0.2) is 0 Å². The molecule has 23 heavy (non-hydrogen) atoms.